The predicted molar refractivity (Wildman–Crippen MR) is 63.9 cm³/mol. The summed E-state index contributed by atoms with van der Waals surface area (Å²) in [7, 11) is 0. The molecule has 0 aliphatic carbocycles. The van der Waals surface area contributed by atoms with Crippen LogP contribution in [0.15, 0.2) is 18.2 Å². The Morgan fingerprint density at radius 3 is 2.28 bits per heavy atom. The number of rotatable bonds is 3. The van der Waals surface area contributed by atoms with Gasteiger partial charge in [0.05, 0.1) is 0 Å². The van der Waals surface area contributed by atoms with Crippen molar-refractivity contribution in [3.8, 4) is 0 Å². The molecule has 1 rings (SSSR count). The molecule has 0 amide bonds. The van der Waals surface area contributed by atoms with Crippen molar-refractivity contribution in [2.75, 3.05) is 0 Å². The van der Waals surface area contributed by atoms with Crippen LogP contribution in [0.2, 0.25) is 0 Å². The predicted octanol–water partition coefficient (Wildman–Crippen LogP) is 2.18. The van der Waals surface area contributed by atoms with E-state index in [2.05, 4.69) is 0 Å². The van der Waals surface area contributed by atoms with E-state index in [-0.39, 0.29) is 12.0 Å². The van der Waals surface area contributed by atoms with E-state index in [0.717, 1.165) is 12.1 Å². The van der Waals surface area contributed by atoms with E-state index in [0.29, 0.717) is 0 Å². The van der Waals surface area contributed by atoms with E-state index < -0.39 is 29.2 Å². The van der Waals surface area contributed by atoms with Crippen LogP contribution in [0, 0.1) is 11.6 Å². The Morgan fingerprint density at radius 2 is 1.83 bits per heavy atom. The van der Waals surface area contributed by atoms with Crippen LogP contribution in [0.5, 0.6) is 0 Å². The van der Waals surface area contributed by atoms with Gasteiger partial charge in [-0.3, -0.25) is 4.79 Å². The molecule has 100 valence electrons. The summed E-state index contributed by atoms with van der Waals surface area (Å²) < 4.78 is 31.8. The fraction of sp³-hybridized carbons (Fsp3) is 0.462. The number of esters is 1. The molecule has 0 radical (unpaired) electrons. The molecule has 0 spiro atoms. The fourth-order valence-corrected chi connectivity index (χ4v) is 1.41. The first-order valence-corrected chi connectivity index (χ1v) is 5.62. The zero-order valence-corrected chi connectivity index (χ0v) is 10.7. The quantitative estimate of drug-likeness (QED) is 0.844. The molecule has 5 heteroatoms. The highest BCUT2D eigenvalue weighted by Gasteiger charge is 2.24. The number of benzene rings is 1. The number of halogens is 2. The van der Waals surface area contributed by atoms with Gasteiger partial charge in [-0.2, -0.15) is 0 Å². The second-order valence-electron chi connectivity index (χ2n) is 5.04. The minimum atomic E-state index is -1.09. The molecule has 0 aromatic heterocycles. The number of ether oxygens (including phenoxy) is 1. The summed E-state index contributed by atoms with van der Waals surface area (Å²) in [4.78, 5) is 11.6. The van der Waals surface area contributed by atoms with Crippen LogP contribution in [0.4, 0.5) is 8.78 Å². The maximum Gasteiger partial charge on any atom is 0.323 e. The van der Waals surface area contributed by atoms with Gasteiger partial charge in [0.1, 0.15) is 23.3 Å². The monoisotopic (exact) mass is 257 g/mol. The Hall–Kier alpha value is -1.49. The maximum absolute atomic E-state index is 13.4. The van der Waals surface area contributed by atoms with Crippen LogP contribution in [0.3, 0.4) is 0 Å². The third kappa shape index (κ3) is 4.07. The first-order chi connectivity index (χ1) is 8.20. The molecule has 0 bridgehead atoms. The van der Waals surface area contributed by atoms with Gasteiger partial charge in [0.25, 0.3) is 0 Å². The summed E-state index contributed by atoms with van der Waals surface area (Å²) in [5, 5.41) is 0. The van der Waals surface area contributed by atoms with Crippen molar-refractivity contribution in [1.82, 2.24) is 0 Å². The topological polar surface area (TPSA) is 52.3 Å². The first-order valence-electron chi connectivity index (χ1n) is 5.62. The largest absolute Gasteiger partial charge is 0.459 e. The second-order valence-corrected chi connectivity index (χ2v) is 5.04. The van der Waals surface area contributed by atoms with Gasteiger partial charge in [-0.15, -0.1) is 0 Å². The zero-order chi connectivity index (χ0) is 13.9. The molecule has 3 nitrogen and oxygen atoms in total. The maximum atomic E-state index is 13.4. The number of hydrogen-bond acceptors (Lipinski definition) is 3. The fourth-order valence-electron chi connectivity index (χ4n) is 1.41. The molecule has 18 heavy (non-hydrogen) atoms. The average molecular weight is 257 g/mol. The molecule has 0 saturated carbocycles. The van der Waals surface area contributed by atoms with Crippen LogP contribution < -0.4 is 5.73 Å². The van der Waals surface area contributed by atoms with E-state index in [1.165, 1.54) is 6.07 Å². The van der Waals surface area contributed by atoms with Crippen LogP contribution in [-0.2, 0) is 16.0 Å². The van der Waals surface area contributed by atoms with Gasteiger partial charge in [0.15, 0.2) is 0 Å². The summed E-state index contributed by atoms with van der Waals surface area (Å²) in [6.07, 6.45) is -0.229. The van der Waals surface area contributed by atoms with E-state index in [1.807, 2.05) is 0 Å². The second kappa shape index (κ2) is 5.44. The molecule has 0 aliphatic heterocycles. The van der Waals surface area contributed by atoms with Crippen LogP contribution >= 0.6 is 0 Å². The van der Waals surface area contributed by atoms with Crippen molar-refractivity contribution in [3.63, 3.8) is 0 Å². The summed E-state index contributed by atoms with van der Waals surface area (Å²) in [6, 6.07) is 2.42. The molecule has 0 aliphatic rings. The minimum absolute atomic E-state index is 0.198. The van der Waals surface area contributed by atoms with Crippen molar-refractivity contribution in [2.45, 2.75) is 38.8 Å². The third-order valence-electron chi connectivity index (χ3n) is 2.20. The smallest absolute Gasteiger partial charge is 0.323 e. The molecular formula is C13H17F2NO2. The van der Waals surface area contributed by atoms with Crippen molar-refractivity contribution >= 4 is 5.97 Å². The number of carbonyl (C=O) groups is 1. The van der Waals surface area contributed by atoms with Crippen molar-refractivity contribution < 1.29 is 18.3 Å². The molecule has 1 unspecified atom stereocenters. The lowest BCUT2D eigenvalue weighted by molar-refractivity contribution is -0.156. The third-order valence-corrected chi connectivity index (χ3v) is 2.20. The Balaban J connectivity index is 2.76. The van der Waals surface area contributed by atoms with Gasteiger partial charge < -0.3 is 10.5 Å². The summed E-state index contributed by atoms with van der Waals surface area (Å²) in [6.45, 7) is 5.09. The van der Waals surface area contributed by atoms with Gasteiger partial charge in [0, 0.05) is 12.0 Å². The normalized spacial score (nSPS) is 13.2. The number of hydrogen-bond donors (Lipinski definition) is 1. The minimum Gasteiger partial charge on any atom is -0.459 e. The lowest BCUT2D eigenvalue weighted by Gasteiger charge is -2.22. The lowest BCUT2D eigenvalue weighted by Crippen LogP contribution is -2.39. The van der Waals surface area contributed by atoms with Gasteiger partial charge in [0.2, 0.25) is 0 Å². The van der Waals surface area contributed by atoms with Crippen LogP contribution in [-0.4, -0.2) is 17.6 Å². The Bertz CT molecular complexity index is 421. The number of nitrogens with two attached hydrogens (primary N) is 1. The van der Waals surface area contributed by atoms with E-state index >= 15 is 0 Å². The molecular weight excluding hydrogens is 240 g/mol. The van der Waals surface area contributed by atoms with Crippen LogP contribution in [0.1, 0.15) is 26.3 Å². The highest BCUT2D eigenvalue weighted by molar-refractivity contribution is 5.76. The average Bonchev–Trinajstić information content (AvgIpc) is 2.21. The van der Waals surface area contributed by atoms with E-state index in [4.69, 9.17) is 10.5 Å². The molecule has 1 atom stereocenters. The van der Waals surface area contributed by atoms with Crippen molar-refractivity contribution in [2.24, 2.45) is 5.73 Å². The zero-order valence-electron chi connectivity index (χ0n) is 10.7. The Kier molecular flexibility index (Phi) is 4.40. The van der Waals surface area contributed by atoms with Crippen molar-refractivity contribution in [3.05, 3.63) is 35.4 Å². The van der Waals surface area contributed by atoms with Gasteiger partial charge in [-0.1, -0.05) is 6.07 Å². The number of carbonyl (C=O) groups excluding carboxylic acids is 1. The molecule has 0 saturated heterocycles. The van der Waals surface area contributed by atoms with Crippen LogP contribution in [0.25, 0.3) is 0 Å². The summed E-state index contributed by atoms with van der Waals surface area (Å²) in [5.74, 6) is -2.10. The molecule has 1 aromatic carbocycles. The Morgan fingerprint density at radius 1 is 1.33 bits per heavy atom. The molecule has 0 fully saturated rings. The SMILES string of the molecule is CC(C)(C)OC(=O)C(N)Cc1c(F)cccc1F. The van der Waals surface area contributed by atoms with E-state index in [1.54, 1.807) is 20.8 Å². The van der Waals surface area contributed by atoms with Gasteiger partial charge >= 0.3 is 5.97 Å². The Labute approximate surface area is 105 Å². The molecule has 0 heterocycles. The summed E-state index contributed by atoms with van der Waals surface area (Å²) >= 11 is 0. The molecule has 1 aromatic rings. The highest BCUT2D eigenvalue weighted by atomic mass is 19.1. The molecule has 2 N–H and O–H groups in total. The summed E-state index contributed by atoms with van der Waals surface area (Å²) in [5.41, 5.74) is 4.71. The van der Waals surface area contributed by atoms with Gasteiger partial charge in [-0.05, 0) is 32.9 Å². The standard InChI is InChI=1S/C13H17F2NO2/c1-13(2,3)18-12(17)11(16)7-8-9(14)5-4-6-10(8)15/h4-6,11H,7,16H2,1-3H3. The highest BCUT2D eigenvalue weighted by Crippen LogP contribution is 2.15. The lowest BCUT2D eigenvalue weighted by atomic mass is 10.0. The first kappa shape index (κ1) is 14.6. The van der Waals surface area contributed by atoms with Crippen molar-refractivity contribution in [1.29, 1.82) is 0 Å². The van der Waals surface area contributed by atoms with Gasteiger partial charge in [-0.25, -0.2) is 8.78 Å². The van der Waals surface area contributed by atoms with E-state index in [9.17, 15) is 13.6 Å².